The molecule has 0 saturated carbocycles. The summed E-state index contributed by atoms with van der Waals surface area (Å²) in [6.45, 7) is 5.42. The predicted molar refractivity (Wildman–Crippen MR) is 88.2 cm³/mol. The molecule has 0 spiro atoms. The molecule has 2 aliphatic rings. The Morgan fingerprint density at radius 3 is 2.48 bits per heavy atom. The number of anilines is 1. The molecule has 3 rings (SSSR count). The third kappa shape index (κ3) is 4.69. The average Bonchev–Trinajstić information content (AvgIpc) is 2.61. The van der Waals surface area contributed by atoms with Crippen LogP contribution in [0.5, 0.6) is 0 Å². The van der Waals surface area contributed by atoms with Gasteiger partial charge in [-0.25, -0.2) is 9.97 Å². The van der Waals surface area contributed by atoms with E-state index in [2.05, 4.69) is 14.9 Å². The molecule has 23 heavy (non-hydrogen) atoms. The first kappa shape index (κ1) is 16.8. The van der Waals surface area contributed by atoms with Gasteiger partial charge < -0.3 is 19.3 Å². The molecule has 7 nitrogen and oxygen atoms in total. The Hall–Kier alpha value is -1.09. The number of amides is 1. The highest BCUT2D eigenvalue weighted by atomic mass is 35.5. The van der Waals surface area contributed by atoms with E-state index in [1.807, 2.05) is 4.90 Å². The van der Waals surface area contributed by atoms with E-state index in [4.69, 9.17) is 21.1 Å². The molecule has 2 fully saturated rings. The molecule has 0 aromatic carbocycles. The molecular weight excluding hydrogens is 340 g/mol. The molecule has 2 saturated heterocycles. The van der Waals surface area contributed by atoms with E-state index in [-0.39, 0.29) is 5.91 Å². The third-order valence-electron chi connectivity index (χ3n) is 3.68. The highest BCUT2D eigenvalue weighted by Gasteiger charge is 2.19. The minimum atomic E-state index is 0.0785. The number of rotatable bonds is 4. The summed E-state index contributed by atoms with van der Waals surface area (Å²) in [5.74, 6) is 1.17. The number of morpholine rings is 2. The summed E-state index contributed by atoms with van der Waals surface area (Å²) in [4.78, 5) is 24.8. The normalized spacial score (nSPS) is 19.0. The Kier molecular flexibility index (Phi) is 5.93. The number of carbonyl (C=O) groups is 1. The van der Waals surface area contributed by atoms with Crippen molar-refractivity contribution < 1.29 is 14.3 Å². The van der Waals surface area contributed by atoms with Crippen LogP contribution >= 0.6 is 23.4 Å². The van der Waals surface area contributed by atoms with Crippen molar-refractivity contribution in [2.45, 2.75) is 5.16 Å². The first-order valence-corrected chi connectivity index (χ1v) is 8.94. The van der Waals surface area contributed by atoms with E-state index in [9.17, 15) is 4.79 Å². The number of halogens is 1. The number of ether oxygens (including phenoxy) is 2. The van der Waals surface area contributed by atoms with E-state index in [0.717, 1.165) is 18.9 Å². The maximum Gasteiger partial charge on any atom is 0.233 e. The number of nitrogens with zero attached hydrogens (tertiary/aromatic N) is 4. The van der Waals surface area contributed by atoms with Gasteiger partial charge in [-0.3, -0.25) is 4.79 Å². The molecule has 0 radical (unpaired) electrons. The topological polar surface area (TPSA) is 67.8 Å². The molecule has 0 atom stereocenters. The second-order valence-corrected chi connectivity index (χ2v) is 6.54. The molecule has 1 aromatic heterocycles. The molecule has 3 heterocycles. The van der Waals surface area contributed by atoms with Crippen LogP contribution in [0.2, 0.25) is 5.15 Å². The molecule has 9 heteroatoms. The van der Waals surface area contributed by atoms with Gasteiger partial charge in [-0.1, -0.05) is 23.4 Å². The minimum Gasteiger partial charge on any atom is -0.378 e. The first-order valence-electron chi connectivity index (χ1n) is 7.58. The van der Waals surface area contributed by atoms with Crippen molar-refractivity contribution in [1.82, 2.24) is 14.9 Å². The van der Waals surface area contributed by atoms with Crippen LogP contribution in [0.4, 0.5) is 5.82 Å². The molecule has 0 bridgehead atoms. The van der Waals surface area contributed by atoms with Crippen molar-refractivity contribution in [3.05, 3.63) is 11.2 Å². The van der Waals surface area contributed by atoms with Crippen molar-refractivity contribution in [2.75, 3.05) is 63.3 Å². The Morgan fingerprint density at radius 2 is 1.78 bits per heavy atom. The molecule has 1 amide bonds. The van der Waals surface area contributed by atoms with Crippen LogP contribution < -0.4 is 4.90 Å². The van der Waals surface area contributed by atoms with Crippen molar-refractivity contribution >= 4 is 35.1 Å². The Bertz CT molecular complexity index is 551. The van der Waals surface area contributed by atoms with Gasteiger partial charge in [-0.05, 0) is 0 Å². The van der Waals surface area contributed by atoms with E-state index in [0.29, 0.717) is 55.6 Å². The lowest BCUT2D eigenvalue weighted by Gasteiger charge is -2.28. The summed E-state index contributed by atoms with van der Waals surface area (Å²) in [6.07, 6.45) is 0. The number of thioether (sulfide) groups is 1. The lowest BCUT2D eigenvalue weighted by atomic mass is 10.4. The highest BCUT2D eigenvalue weighted by molar-refractivity contribution is 7.99. The highest BCUT2D eigenvalue weighted by Crippen LogP contribution is 2.22. The van der Waals surface area contributed by atoms with Gasteiger partial charge in [0, 0.05) is 32.2 Å². The fraction of sp³-hybridized carbons (Fsp3) is 0.643. The maximum atomic E-state index is 12.2. The van der Waals surface area contributed by atoms with Crippen LogP contribution in [0, 0.1) is 0 Å². The zero-order valence-electron chi connectivity index (χ0n) is 12.7. The van der Waals surface area contributed by atoms with Crippen LogP contribution in [-0.4, -0.2) is 79.1 Å². The monoisotopic (exact) mass is 358 g/mol. The standard InChI is InChI=1S/C14H19ClN4O3S/c15-11-9-12(18-1-5-21-6-2-18)17-14(16-11)23-10-13(20)19-3-7-22-8-4-19/h9H,1-8,10H2. The summed E-state index contributed by atoms with van der Waals surface area (Å²) in [6, 6.07) is 1.75. The zero-order valence-corrected chi connectivity index (χ0v) is 14.3. The van der Waals surface area contributed by atoms with Crippen molar-refractivity contribution in [3.63, 3.8) is 0 Å². The van der Waals surface area contributed by atoms with E-state index in [1.165, 1.54) is 11.8 Å². The van der Waals surface area contributed by atoms with Crippen LogP contribution in [-0.2, 0) is 14.3 Å². The van der Waals surface area contributed by atoms with Gasteiger partial charge in [-0.2, -0.15) is 0 Å². The fourth-order valence-electron chi connectivity index (χ4n) is 2.43. The quantitative estimate of drug-likeness (QED) is 0.450. The van der Waals surface area contributed by atoms with Gasteiger partial charge in [0.05, 0.1) is 32.2 Å². The lowest BCUT2D eigenvalue weighted by Crippen LogP contribution is -2.41. The SMILES string of the molecule is O=C(CSc1nc(Cl)cc(N2CCOCC2)n1)N1CCOCC1. The molecule has 2 aliphatic heterocycles. The van der Waals surface area contributed by atoms with Crippen molar-refractivity contribution in [2.24, 2.45) is 0 Å². The van der Waals surface area contributed by atoms with Gasteiger partial charge in [-0.15, -0.1) is 0 Å². The number of aromatic nitrogens is 2. The second kappa shape index (κ2) is 8.14. The van der Waals surface area contributed by atoms with Crippen molar-refractivity contribution in [1.29, 1.82) is 0 Å². The second-order valence-electron chi connectivity index (χ2n) is 5.21. The van der Waals surface area contributed by atoms with Gasteiger partial charge in [0.25, 0.3) is 0 Å². The number of carbonyl (C=O) groups excluding carboxylic acids is 1. The molecule has 0 aliphatic carbocycles. The van der Waals surface area contributed by atoms with Gasteiger partial charge in [0.15, 0.2) is 5.16 Å². The summed E-state index contributed by atoms with van der Waals surface area (Å²) >= 11 is 7.42. The third-order valence-corrected chi connectivity index (χ3v) is 4.71. The molecule has 0 unspecified atom stereocenters. The van der Waals surface area contributed by atoms with Gasteiger partial charge in [0.1, 0.15) is 11.0 Å². The van der Waals surface area contributed by atoms with E-state index in [1.54, 1.807) is 6.07 Å². The molecule has 0 N–H and O–H groups in total. The Labute approximate surface area is 144 Å². The first-order chi connectivity index (χ1) is 11.2. The predicted octanol–water partition coefficient (Wildman–Crippen LogP) is 0.917. The molecule has 1 aromatic rings. The van der Waals surface area contributed by atoms with Gasteiger partial charge >= 0.3 is 0 Å². The van der Waals surface area contributed by atoms with Crippen LogP contribution in [0.1, 0.15) is 0 Å². The van der Waals surface area contributed by atoms with E-state index >= 15 is 0 Å². The largest absolute Gasteiger partial charge is 0.378 e. The smallest absolute Gasteiger partial charge is 0.233 e. The van der Waals surface area contributed by atoms with Crippen LogP contribution in [0.3, 0.4) is 0 Å². The summed E-state index contributed by atoms with van der Waals surface area (Å²) in [5, 5.41) is 0.920. The Morgan fingerprint density at radius 1 is 1.13 bits per heavy atom. The van der Waals surface area contributed by atoms with E-state index < -0.39 is 0 Å². The van der Waals surface area contributed by atoms with Gasteiger partial charge in [0.2, 0.25) is 5.91 Å². The summed E-state index contributed by atoms with van der Waals surface area (Å²) in [7, 11) is 0. The lowest BCUT2D eigenvalue weighted by molar-refractivity contribution is -0.132. The van der Waals surface area contributed by atoms with Crippen LogP contribution in [0.25, 0.3) is 0 Å². The van der Waals surface area contributed by atoms with Crippen LogP contribution in [0.15, 0.2) is 11.2 Å². The molecule has 126 valence electrons. The zero-order chi connectivity index (χ0) is 16.1. The number of hydrogen-bond acceptors (Lipinski definition) is 7. The average molecular weight is 359 g/mol. The van der Waals surface area contributed by atoms with Crippen molar-refractivity contribution in [3.8, 4) is 0 Å². The summed E-state index contributed by atoms with van der Waals surface area (Å²) < 4.78 is 10.6. The fourth-order valence-corrected chi connectivity index (χ4v) is 3.42. The minimum absolute atomic E-state index is 0.0785. The Balaban J connectivity index is 1.60. The number of hydrogen-bond donors (Lipinski definition) is 0. The summed E-state index contributed by atoms with van der Waals surface area (Å²) in [5.41, 5.74) is 0. The molecular formula is C14H19ClN4O3S. The maximum absolute atomic E-state index is 12.2.